The number of benzene rings is 1. The molecule has 0 atom stereocenters. The number of pyridine rings is 2. The summed E-state index contributed by atoms with van der Waals surface area (Å²) in [6, 6.07) is 14.1. The third-order valence-electron chi connectivity index (χ3n) is 5.62. The van der Waals surface area contributed by atoms with Gasteiger partial charge in [-0.05, 0) is 80.4 Å². The van der Waals surface area contributed by atoms with E-state index in [-0.39, 0.29) is 24.1 Å². The molecule has 0 saturated heterocycles. The van der Waals surface area contributed by atoms with Gasteiger partial charge in [0.1, 0.15) is 18.1 Å². The number of aromatic nitrogens is 4. The average Bonchev–Trinajstić information content (AvgIpc) is 2.87. The Morgan fingerprint density at radius 2 is 1.76 bits per heavy atom. The minimum absolute atomic E-state index is 0.0229. The third-order valence-corrected chi connectivity index (χ3v) is 5.62. The number of nitrogens with zero attached hydrogens (tertiary/aromatic N) is 5. The van der Waals surface area contributed by atoms with Crippen LogP contribution in [0, 0.1) is 24.1 Å². The van der Waals surface area contributed by atoms with E-state index in [9.17, 15) is 18.4 Å². The summed E-state index contributed by atoms with van der Waals surface area (Å²) in [6.07, 6.45) is -1.22. The Kier molecular flexibility index (Phi) is 7.07. The van der Waals surface area contributed by atoms with Crippen LogP contribution in [-0.2, 0) is 12.0 Å². The van der Waals surface area contributed by atoms with Gasteiger partial charge in [0.2, 0.25) is 11.8 Å². The molecule has 10 heteroatoms. The van der Waals surface area contributed by atoms with Crippen molar-refractivity contribution in [3.8, 4) is 34.3 Å². The smallest absolute Gasteiger partial charge is 0.280 e. The highest BCUT2D eigenvalue weighted by Crippen LogP contribution is 2.39. The van der Waals surface area contributed by atoms with Crippen molar-refractivity contribution in [3.05, 3.63) is 83.2 Å². The number of anilines is 1. The van der Waals surface area contributed by atoms with E-state index >= 15 is 0 Å². The van der Waals surface area contributed by atoms with E-state index < -0.39 is 23.4 Å². The number of halogens is 3. The van der Waals surface area contributed by atoms with E-state index in [1.54, 1.807) is 45.2 Å². The van der Waals surface area contributed by atoms with Crippen molar-refractivity contribution in [3.63, 3.8) is 0 Å². The number of nitriles is 1. The van der Waals surface area contributed by atoms with Crippen LogP contribution in [-0.4, -0.2) is 19.9 Å². The van der Waals surface area contributed by atoms with Gasteiger partial charge in [-0.15, -0.1) is 0 Å². The summed E-state index contributed by atoms with van der Waals surface area (Å²) in [5.74, 6) is -0.508. The Hall–Kier alpha value is -4.52. The summed E-state index contributed by atoms with van der Waals surface area (Å²) in [6.45, 7) is 5.13. The fourth-order valence-electron chi connectivity index (χ4n) is 3.70. The van der Waals surface area contributed by atoms with Gasteiger partial charge in [-0.1, -0.05) is 0 Å². The maximum absolute atomic E-state index is 13.6. The molecule has 0 saturated carbocycles. The minimum Gasteiger partial charge on any atom is -0.472 e. The van der Waals surface area contributed by atoms with Gasteiger partial charge in [-0.3, -0.25) is 9.97 Å². The first-order valence-electron chi connectivity index (χ1n) is 11.3. The van der Waals surface area contributed by atoms with Gasteiger partial charge in [0.15, 0.2) is 0 Å². The quantitative estimate of drug-likeness (QED) is 0.331. The second-order valence-corrected chi connectivity index (χ2v) is 8.92. The van der Waals surface area contributed by atoms with Crippen LogP contribution in [0.25, 0.3) is 22.4 Å². The Balaban J connectivity index is 1.85. The van der Waals surface area contributed by atoms with E-state index in [0.717, 1.165) is 0 Å². The molecule has 4 aromatic rings. The third kappa shape index (κ3) is 5.67. The van der Waals surface area contributed by atoms with Crippen LogP contribution in [0.4, 0.5) is 19.1 Å². The summed E-state index contributed by atoms with van der Waals surface area (Å²) < 4.78 is 46.9. The van der Waals surface area contributed by atoms with Crippen LogP contribution >= 0.6 is 0 Å². The first-order chi connectivity index (χ1) is 17.6. The Morgan fingerprint density at radius 1 is 1.03 bits per heavy atom. The topological polar surface area (TPSA) is 111 Å². The van der Waals surface area contributed by atoms with Crippen LogP contribution in [0.1, 0.15) is 42.9 Å². The zero-order valence-corrected chi connectivity index (χ0v) is 20.3. The highest BCUT2D eigenvalue weighted by atomic mass is 19.3. The molecule has 0 bridgehead atoms. The SMILES string of the molecule is Cc1cc(-c2c(OCc3ccnc(C(C)(C)C#N)c3)nc(N)nc2-c2ccc(F)cc2)cc(C(F)F)n1. The molecule has 37 heavy (non-hydrogen) atoms. The largest absolute Gasteiger partial charge is 0.472 e. The Labute approximate surface area is 211 Å². The normalized spacial score (nSPS) is 11.4. The zero-order chi connectivity index (χ0) is 26.7. The molecule has 0 amide bonds. The number of hydrogen-bond donors (Lipinski definition) is 1. The van der Waals surface area contributed by atoms with Crippen molar-refractivity contribution in [1.29, 1.82) is 5.26 Å². The number of rotatable bonds is 7. The molecular weight excluding hydrogens is 481 g/mol. The number of nitrogens with two attached hydrogens (primary N) is 1. The van der Waals surface area contributed by atoms with Gasteiger partial charge >= 0.3 is 0 Å². The molecule has 0 aliphatic heterocycles. The minimum atomic E-state index is -2.80. The first-order valence-corrected chi connectivity index (χ1v) is 11.3. The number of ether oxygens (including phenoxy) is 1. The Bertz CT molecular complexity index is 1480. The van der Waals surface area contributed by atoms with Crippen LogP contribution in [0.2, 0.25) is 0 Å². The highest BCUT2D eigenvalue weighted by Gasteiger charge is 2.23. The fraction of sp³-hybridized carbons (Fsp3) is 0.222. The monoisotopic (exact) mass is 504 g/mol. The van der Waals surface area contributed by atoms with Crippen molar-refractivity contribution in [2.75, 3.05) is 5.73 Å². The number of aryl methyl sites for hydroxylation is 1. The lowest BCUT2D eigenvalue weighted by atomic mass is 9.90. The van der Waals surface area contributed by atoms with Gasteiger partial charge in [0, 0.05) is 17.5 Å². The molecule has 4 rings (SSSR count). The van der Waals surface area contributed by atoms with Crippen LogP contribution in [0.3, 0.4) is 0 Å². The molecule has 7 nitrogen and oxygen atoms in total. The summed E-state index contributed by atoms with van der Waals surface area (Å²) in [5.41, 5.74) is 7.83. The van der Waals surface area contributed by atoms with Gasteiger partial charge in [0.25, 0.3) is 6.43 Å². The first kappa shape index (κ1) is 25.6. The average molecular weight is 505 g/mol. The molecular formula is C27H23F3N6O. The zero-order valence-electron chi connectivity index (χ0n) is 20.3. The van der Waals surface area contributed by atoms with Crippen molar-refractivity contribution < 1.29 is 17.9 Å². The summed E-state index contributed by atoms with van der Waals surface area (Å²) >= 11 is 0. The van der Waals surface area contributed by atoms with Crippen molar-refractivity contribution in [1.82, 2.24) is 19.9 Å². The summed E-state index contributed by atoms with van der Waals surface area (Å²) in [4.78, 5) is 16.8. The van der Waals surface area contributed by atoms with Gasteiger partial charge in [-0.25, -0.2) is 18.2 Å². The van der Waals surface area contributed by atoms with Gasteiger partial charge < -0.3 is 10.5 Å². The second kappa shape index (κ2) is 10.2. The molecule has 188 valence electrons. The molecule has 0 spiro atoms. The maximum atomic E-state index is 13.6. The lowest BCUT2D eigenvalue weighted by Gasteiger charge is -2.18. The summed E-state index contributed by atoms with van der Waals surface area (Å²) in [5, 5.41) is 9.44. The molecule has 0 aliphatic rings. The van der Waals surface area contributed by atoms with Gasteiger partial charge in [0.05, 0.1) is 28.4 Å². The summed E-state index contributed by atoms with van der Waals surface area (Å²) in [7, 11) is 0. The molecule has 3 aromatic heterocycles. The molecule has 0 aliphatic carbocycles. The van der Waals surface area contributed by atoms with Crippen LogP contribution in [0.15, 0.2) is 54.7 Å². The molecule has 0 radical (unpaired) electrons. The molecule has 2 N–H and O–H groups in total. The van der Waals surface area contributed by atoms with E-state index in [4.69, 9.17) is 10.5 Å². The Morgan fingerprint density at radius 3 is 2.43 bits per heavy atom. The van der Waals surface area contributed by atoms with Crippen molar-refractivity contribution in [2.45, 2.75) is 39.2 Å². The molecule has 1 aromatic carbocycles. The molecule has 0 fully saturated rings. The maximum Gasteiger partial charge on any atom is 0.280 e. The van der Waals surface area contributed by atoms with E-state index in [1.165, 1.54) is 30.3 Å². The molecule has 3 heterocycles. The van der Waals surface area contributed by atoms with Crippen molar-refractivity contribution >= 4 is 5.95 Å². The lowest BCUT2D eigenvalue weighted by Crippen LogP contribution is -2.16. The van der Waals surface area contributed by atoms with Crippen LogP contribution in [0.5, 0.6) is 5.88 Å². The number of hydrogen-bond acceptors (Lipinski definition) is 7. The van der Waals surface area contributed by atoms with E-state index in [2.05, 4.69) is 26.0 Å². The molecule has 0 unspecified atom stereocenters. The predicted octanol–water partition coefficient (Wildman–Crippen LogP) is 5.95. The lowest BCUT2D eigenvalue weighted by molar-refractivity contribution is 0.146. The van der Waals surface area contributed by atoms with E-state index in [0.29, 0.717) is 33.6 Å². The number of nitrogen functional groups attached to an aromatic ring is 1. The second-order valence-electron chi connectivity index (χ2n) is 8.92. The standard InChI is InChI=1S/C27H23F3N6O/c1-15-10-18(12-20(34-15)24(29)30)22-23(17-4-6-19(28)7-5-17)35-26(32)36-25(22)37-13-16-8-9-33-21(11-16)27(2,3)14-31/h4-12,24H,13H2,1-3H3,(H2,32,35,36). The van der Waals surface area contributed by atoms with E-state index in [1.807, 2.05) is 0 Å². The van der Waals surface area contributed by atoms with Gasteiger partial charge in [-0.2, -0.15) is 10.2 Å². The predicted molar refractivity (Wildman–Crippen MR) is 132 cm³/mol. The number of alkyl halides is 2. The van der Waals surface area contributed by atoms with Crippen LogP contribution < -0.4 is 10.5 Å². The highest BCUT2D eigenvalue weighted by molar-refractivity contribution is 5.85. The fourth-order valence-corrected chi connectivity index (χ4v) is 3.70. The van der Waals surface area contributed by atoms with Crippen molar-refractivity contribution in [2.24, 2.45) is 0 Å².